The molecule has 146 valence electrons. The number of hydrogen-bond acceptors (Lipinski definition) is 3. The van der Waals surface area contributed by atoms with E-state index >= 15 is 0 Å². The zero-order valence-corrected chi connectivity index (χ0v) is 16.8. The van der Waals surface area contributed by atoms with Gasteiger partial charge >= 0.3 is 6.03 Å². The summed E-state index contributed by atoms with van der Waals surface area (Å²) in [5.41, 5.74) is 4.26. The second-order valence-electron chi connectivity index (χ2n) is 7.66. The number of aliphatic imine (C=N–C) groups is 1. The summed E-state index contributed by atoms with van der Waals surface area (Å²) in [7, 11) is 0. The van der Waals surface area contributed by atoms with Gasteiger partial charge in [-0.15, -0.1) is 0 Å². The number of aromatic nitrogens is 2. The Bertz CT molecular complexity index is 1040. The highest BCUT2D eigenvalue weighted by atomic mass is 16.2. The van der Waals surface area contributed by atoms with Crippen LogP contribution in [0.25, 0.3) is 0 Å². The minimum Gasteiger partial charge on any atom is -0.245 e. The number of allylic oxidation sites excluding steroid dienone is 2. The minimum atomic E-state index is -0.0725. The molecule has 5 heteroatoms. The molecule has 0 aliphatic carbocycles. The van der Waals surface area contributed by atoms with Crippen LogP contribution in [0.15, 0.2) is 95.8 Å². The molecule has 0 saturated heterocycles. The van der Waals surface area contributed by atoms with Crippen molar-refractivity contribution in [3.63, 3.8) is 0 Å². The van der Waals surface area contributed by atoms with Crippen molar-refractivity contribution in [3.8, 4) is 0 Å². The molecule has 0 N–H and O–H groups in total. The molecule has 0 radical (unpaired) electrons. The minimum absolute atomic E-state index is 0.0444. The maximum Gasteiger partial charge on any atom is 0.439 e. The quantitative estimate of drug-likeness (QED) is 0.579. The van der Waals surface area contributed by atoms with Crippen LogP contribution in [0.3, 0.4) is 0 Å². The Morgan fingerprint density at radius 1 is 1.00 bits per heavy atom. The van der Waals surface area contributed by atoms with Gasteiger partial charge < -0.3 is 0 Å². The van der Waals surface area contributed by atoms with Crippen molar-refractivity contribution in [1.29, 1.82) is 0 Å². The molecule has 0 fully saturated rings. The number of imidazole rings is 1. The molecular formula is C24H25N4O+. The molecule has 2 heterocycles. The standard InChI is InChI=1S/C24H25N4O/c1-19(2)23-22(15-20-9-5-3-6-10-20)28(18-26-23,16-21-11-7-4-8-12-21)24(29)27-14-13-25-17-27/h3-14,17-19H,15-16H2,1-2H3/q+1. The van der Waals surface area contributed by atoms with Crippen molar-refractivity contribution in [2.75, 3.05) is 0 Å². The first kappa shape index (κ1) is 19.0. The summed E-state index contributed by atoms with van der Waals surface area (Å²) < 4.78 is 1.60. The predicted octanol–water partition coefficient (Wildman–Crippen LogP) is 5.02. The summed E-state index contributed by atoms with van der Waals surface area (Å²) >= 11 is 0. The summed E-state index contributed by atoms with van der Waals surface area (Å²) in [6.45, 7) is 4.77. The Morgan fingerprint density at radius 3 is 2.24 bits per heavy atom. The number of nitrogens with zero attached hydrogens (tertiary/aromatic N) is 4. The summed E-state index contributed by atoms with van der Waals surface area (Å²) in [4.78, 5) is 22.6. The van der Waals surface area contributed by atoms with Gasteiger partial charge in [-0.1, -0.05) is 74.5 Å². The Kier molecular flexibility index (Phi) is 5.23. The van der Waals surface area contributed by atoms with Crippen LogP contribution >= 0.6 is 0 Å². The summed E-state index contributed by atoms with van der Waals surface area (Å²) in [5, 5.41) is 0. The van der Waals surface area contributed by atoms with Gasteiger partial charge in [0, 0.05) is 23.9 Å². The monoisotopic (exact) mass is 385 g/mol. The van der Waals surface area contributed by atoms with Gasteiger partial charge in [0.25, 0.3) is 0 Å². The third kappa shape index (κ3) is 3.69. The van der Waals surface area contributed by atoms with Gasteiger partial charge in [0.2, 0.25) is 6.34 Å². The van der Waals surface area contributed by atoms with Gasteiger partial charge in [0.05, 0.1) is 6.42 Å². The van der Waals surface area contributed by atoms with Crippen LogP contribution in [0.2, 0.25) is 0 Å². The van der Waals surface area contributed by atoms with Crippen LogP contribution < -0.4 is 0 Å². The predicted molar refractivity (Wildman–Crippen MR) is 114 cm³/mol. The third-order valence-electron chi connectivity index (χ3n) is 5.27. The molecule has 0 saturated carbocycles. The number of hydrogen-bond donors (Lipinski definition) is 0. The van der Waals surface area contributed by atoms with Crippen LogP contribution in [0.4, 0.5) is 4.79 Å². The smallest absolute Gasteiger partial charge is 0.245 e. The number of carbonyl (C=O) groups is 1. The van der Waals surface area contributed by atoms with Crippen molar-refractivity contribution in [1.82, 2.24) is 9.55 Å². The first-order valence-corrected chi connectivity index (χ1v) is 9.87. The van der Waals surface area contributed by atoms with Gasteiger partial charge in [0.15, 0.2) is 5.70 Å². The van der Waals surface area contributed by atoms with Crippen LogP contribution in [-0.2, 0) is 13.0 Å². The van der Waals surface area contributed by atoms with Crippen molar-refractivity contribution in [3.05, 3.63) is 102 Å². The Morgan fingerprint density at radius 2 is 1.66 bits per heavy atom. The molecule has 1 aliphatic heterocycles. The molecular weight excluding hydrogens is 360 g/mol. The normalized spacial score (nSPS) is 18.6. The Balaban J connectivity index is 1.85. The van der Waals surface area contributed by atoms with E-state index in [1.807, 2.05) is 42.7 Å². The Hall–Kier alpha value is -3.31. The zero-order valence-electron chi connectivity index (χ0n) is 16.8. The molecule has 3 aromatic rings. The SMILES string of the molecule is CC(C)C1=C(Cc2ccccc2)[N+](Cc2ccccc2)(C(=O)n2ccnc2)C=N1. The fourth-order valence-electron chi connectivity index (χ4n) is 3.83. The van der Waals surface area contributed by atoms with Crippen LogP contribution in [-0.4, -0.2) is 26.4 Å². The van der Waals surface area contributed by atoms with E-state index in [0.717, 1.165) is 17.0 Å². The average molecular weight is 385 g/mol. The van der Waals surface area contributed by atoms with E-state index in [4.69, 9.17) is 4.99 Å². The number of benzene rings is 2. The van der Waals surface area contributed by atoms with E-state index in [-0.39, 0.29) is 16.4 Å². The molecule has 0 spiro atoms. The van der Waals surface area contributed by atoms with E-state index in [1.54, 1.807) is 23.3 Å². The van der Waals surface area contributed by atoms with Crippen LogP contribution in [0.5, 0.6) is 0 Å². The lowest BCUT2D eigenvalue weighted by atomic mass is 10.0. The first-order valence-electron chi connectivity index (χ1n) is 9.87. The molecule has 2 aromatic carbocycles. The lowest BCUT2D eigenvalue weighted by molar-refractivity contribution is -0.723. The van der Waals surface area contributed by atoms with Gasteiger partial charge in [-0.05, 0) is 5.56 Å². The number of amides is 1. The largest absolute Gasteiger partial charge is 0.439 e. The maximum absolute atomic E-state index is 13.8. The van der Waals surface area contributed by atoms with Crippen molar-refractivity contribution < 1.29 is 9.28 Å². The van der Waals surface area contributed by atoms with E-state index in [2.05, 4.69) is 43.1 Å². The molecule has 1 amide bonds. The highest BCUT2D eigenvalue weighted by molar-refractivity contribution is 5.81. The molecule has 1 atom stereocenters. The fraction of sp³-hybridized carbons (Fsp3) is 0.208. The highest BCUT2D eigenvalue weighted by Gasteiger charge is 2.47. The van der Waals surface area contributed by atoms with Crippen molar-refractivity contribution in [2.24, 2.45) is 10.9 Å². The van der Waals surface area contributed by atoms with Crippen molar-refractivity contribution in [2.45, 2.75) is 26.8 Å². The second-order valence-corrected chi connectivity index (χ2v) is 7.66. The molecule has 1 aromatic heterocycles. The topological polar surface area (TPSA) is 47.2 Å². The van der Waals surface area contributed by atoms with E-state index < -0.39 is 0 Å². The third-order valence-corrected chi connectivity index (χ3v) is 5.27. The molecule has 29 heavy (non-hydrogen) atoms. The molecule has 4 rings (SSSR count). The first-order chi connectivity index (χ1) is 14.1. The van der Waals surface area contributed by atoms with E-state index in [0.29, 0.717) is 13.0 Å². The van der Waals surface area contributed by atoms with E-state index in [1.165, 1.54) is 5.56 Å². The molecule has 0 bridgehead atoms. The second kappa shape index (κ2) is 7.97. The Labute approximate surface area is 171 Å². The average Bonchev–Trinajstić information content (AvgIpc) is 3.39. The lowest BCUT2D eigenvalue weighted by Crippen LogP contribution is -2.51. The molecule has 1 unspecified atom stereocenters. The number of rotatable bonds is 5. The van der Waals surface area contributed by atoms with Crippen LogP contribution in [0.1, 0.15) is 25.0 Å². The summed E-state index contributed by atoms with van der Waals surface area (Å²) in [6.07, 6.45) is 7.38. The molecule has 5 nitrogen and oxygen atoms in total. The van der Waals surface area contributed by atoms with Crippen molar-refractivity contribution >= 4 is 12.4 Å². The maximum atomic E-state index is 13.8. The highest BCUT2D eigenvalue weighted by Crippen LogP contribution is 2.36. The van der Waals surface area contributed by atoms with Crippen LogP contribution in [0, 0.1) is 5.92 Å². The molecule has 1 aliphatic rings. The summed E-state index contributed by atoms with van der Waals surface area (Å²) in [5.74, 6) is 0.219. The van der Waals surface area contributed by atoms with E-state index in [9.17, 15) is 4.79 Å². The number of carbonyl (C=O) groups excluding carboxylic acids is 1. The zero-order chi connectivity index (χ0) is 20.3. The summed E-state index contributed by atoms with van der Waals surface area (Å²) in [6, 6.07) is 20.3. The van der Waals surface area contributed by atoms with Gasteiger partial charge in [-0.3, -0.25) is 0 Å². The van der Waals surface area contributed by atoms with Gasteiger partial charge in [-0.2, -0.15) is 4.48 Å². The van der Waals surface area contributed by atoms with Gasteiger partial charge in [0.1, 0.15) is 18.6 Å². The van der Waals surface area contributed by atoms with Gasteiger partial charge in [-0.25, -0.2) is 19.3 Å². The number of quaternary nitrogens is 1. The fourth-order valence-corrected chi connectivity index (χ4v) is 3.83. The lowest BCUT2D eigenvalue weighted by Gasteiger charge is -2.30.